The molecule has 0 fully saturated rings. The molecule has 0 atom stereocenters. The molecule has 0 aliphatic rings. The van der Waals surface area contributed by atoms with Gasteiger partial charge in [-0.15, -0.1) is 0 Å². The van der Waals surface area contributed by atoms with Crippen LogP contribution >= 0.6 is 0 Å². The Morgan fingerprint density at radius 1 is 0.737 bits per heavy atom. The zero-order chi connectivity index (χ0) is 28.5. The lowest BCUT2D eigenvalue weighted by molar-refractivity contribution is 0.470. The van der Waals surface area contributed by atoms with E-state index in [-0.39, 0.29) is 10.9 Å². The monoisotopic (exact) mass is 574 g/mol. The van der Waals surface area contributed by atoms with E-state index in [1.165, 1.54) is 26.1 Å². The standard InChI is InChI=1S/C28H39N2OSSi.CH4O3S/c1-8-33(9-2,10-3)31-25-12-11-13-28(22-25)32(26-18-14-23(15-19-26)29(4)5)27-20-16-24(17-21-27)30(6)7;1-5(2,3)4/h11-22H,8-10H2,1-7H3;1H3,(H,2,3,4)/q+1;/p-1. The van der Waals surface area contributed by atoms with E-state index in [0.29, 0.717) is 6.26 Å². The van der Waals surface area contributed by atoms with Crippen LogP contribution in [0.1, 0.15) is 20.8 Å². The van der Waals surface area contributed by atoms with Crippen LogP contribution in [0, 0.1) is 0 Å². The summed E-state index contributed by atoms with van der Waals surface area (Å²) in [6.07, 6.45) is 0.604. The fraction of sp³-hybridized carbons (Fsp3) is 0.379. The third-order valence-electron chi connectivity index (χ3n) is 6.49. The topological polar surface area (TPSA) is 72.9 Å². The summed E-state index contributed by atoms with van der Waals surface area (Å²) in [6, 6.07) is 30.2. The van der Waals surface area contributed by atoms with Crippen LogP contribution in [0.3, 0.4) is 0 Å². The molecule has 0 saturated carbocycles. The summed E-state index contributed by atoms with van der Waals surface area (Å²) in [5, 5.41) is 0. The predicted octanol–water partition coefficient (Wildman–Crippen LogP) is 6.46. The Labute approximate surface area is 233 Å². The lowest BCUT2D eigenvalue weighted by atomic mass is 10.3. The van der Waals surface area contributed by atoms with E-state index in [1.54, 1.807) is 0 Å². The van der Waals surface area contributed by atoms with Gasteiger partial charge in [0, 0.05) is 51.9 Å². The van der Waals surface area contributed by atoms with Crippen molar-refractivity contribution in [1.29, 1.82) is 0 Å². The molecular formula is C29H42N2O4S2Si. The number of rotatable bonds is 10. The first-order valence-corrected chi connectivity index (χ1v) is 18.4. The Morgan fingerprint density at radius 3 is 1.47 bits per heavy atom. The van der Waals surface area contributed by atoms with Crippen molar-refractivity contribution in [3.8, 4) is 5.75 Å². The van der Waals surface area contributed by atoms with Crippen molar-refractivity contribution < 1.29 is 17.4 Å². The van der Waals surface area contributed by atoms with Crippen molar-refractivity contribution >= 4 is 40.7 Å². The largest absolute Gasteiger partial charge is 0.748 e. The van der Waals surface area contributed by atoms with E-state index in [0.717, 1.165) is 23.9 Å². The van der Waals surface area contributed by atoms with Gasteiger partial charge in [0.2, 0.25) is 8.32 Å². The summed E-state index contributed by atoms with van der Waals surface area (Å²) >= 11 is 0. The molecular weight excluding hydrogens is 533 g/mol. The zero-order valence-electron chi connectivity index (χ0n) is 23.9. The van der Waals surface area contributed by atoms with Crippen molar-refractivity contribution in [3.63, 3.8) is 0 Å². The molecule has 3 aromatic rings. The lowest BCUT2D eigenvalue weighted by Crippen LogP contribution is -2.39. The van der Waals surface area contributed by atoms with Crippen molar-refractivity contribution in [2.45, 2.75) is 53.6 Å². The molecule has 0 unspecified atom stereocenters. The Balaban J connectivity index is 0.000000926. The summed E-state index contributed by atoms with van der Waals surface area (Å²) in [6.45, 7) is 6.85. The van der Waals surface area contributed by atoms with Gasteiger partial charge in [-0.3, -0.25) is 0 Å². The maximum atomic E-state index is 9.08. The van der Waals surface area contributed by atoms with E-state index in [1.807, 2.05) is 0 Å². The average Bonchev–Trinajstić information content (AvgIpc) is 2.87. The van der Waals surface area contributed by atoms with Gasteiger partial charge in [-0.05, 0) is 78.8 Å². The van der Waals surface area contributed by atoms with E-state index >= 15 is 0 Å². The molecule has 0 spiro atoms. The second-order valence-electron chi connectivity index (χ2n) is 9.61. The number of benzene rings is 3. The first-order chi connectivity index (χ1) is 17.8. The van der Waals surface area contributed by atoms with Crippen molar-refractivity contribution in [3.05, 3.63) is 72.8 Å². The minimum absolute atomic E-state index is 0.204. The highest BCUT2D eigenvalue weighted by atomic mass is 32.2. The highest BCUT2D eigenvalue weighted by Crippen LogP contribution is 2.35. The molecule has 38 heavy (non-hydrogen) atoms. The van der Waals surface area contributed by atoms with Crippen LogP contribution in [-0.4, -0.2) is 55.7 Å². The summed E-state index contributed by atoms with van der Waals surface area (Å²) in [5.74, 6) is 1.03. The third-order valence-corrected chi connectivity index (χ3v) is 13.2. The summed E-state index contributed by atoms with van der Waals surface area (Å²) in [5.41, 5.74) is 2.43. The van der Waals surface area contributed by atoms with Crippen LogP contribution in [-0.2, 0) is 21.0 Å². The molecule has 3 aromatic carbocycles. The van der Waals surface area contributed by atoms with Crippen LogP contribution in [0.25, 0.3) is 0 Å². The molecule has 0 saturated heterocycles. The number of hydrogen-bond donors (Lipinski definition) is 0. The van der Waals surface area contributed by atoms with E-state index in [4.69, 9.17) is 17.4 Å². The molecule has 0 bridgehead atoms. The van der Waals surface area contributed by atoms with Crippen LogP contribution in [0.5, 0.6) is 5.75 Å². The highest BCUT2D eigenvalue weighted by molar-refractivity contribution is 7.97. The molecule has 0 amide bonds. The second-order valence-corrected chi connectivity index (χ2v) is 17.7. The van der Waals surface area contributed by atoms with E-state index in [9.17, 15) is 0 Å². The first kappa shape index (κ1) is 31.8. The summed E-state index contributed by atoms with van der Waals surface area (Å²) in [7, 11) is 2.49. The average molecular weight is 575 g/mol. The van der Waals surface area contributed by atoms with Gasteiger partial charge in [0.25, 0.3) is 0 Å². The van der Waals surface area contributed by atoms with Gasteiger partial charge in [-0.1, -0.05) is 26.8 Å². The van der Waals surface area contributed by atoms with Gasteiger partial charge >= 0.3 is 0 Å². The van der Waals surface area contributed by atoms with E-state index < -0.39 is 18.4 Å². The van der Waals surface area contributed by atoms with Crippen LogP contribution in [0.2, 0.25) is 18.1 Å². The van der Waals surface area contributed by atoms with Crippen molar-refractivity contribution in [2.24, 2.45) is 0 Å². The third kappa shape index (κ3) is 9.38. The van der Waals surface area contributed by atoms with Crippen molar-refractivity contribution in [1.82, 2.24) is 0 Å². The van der Waals surface area contributed by atoms with Crippen LogP contribution in [0.4, 0.5) is 11.4 Å². The molecule has 0 heterocycles. The smallest absolute Gasteiger partial charge is 0.250 e. The molecule has 0 aliphatic carbocycles. The fourth-order valence-electron chi connectivity index (χ4n) is 4.05. The SMILES string of the molecule is CC[Si](CC)(CC)Oc1cccc([S+](c2ccc(N(C)C)cc2)c2ccc(N(C)C)cc2)c1.CS(=O)(=O)[O-]. The van der Waals surface area contributed by atoms with Gasteiger partial charge in [-0.25, -0.2) is 8.42 Å². The Morgan fingerprint density at radius 2 is 1.13 bits per heavy atom. The zero-order valence-corrected chi connectivity index (χ0v) is 26.5. The van der Waals surface area contributed by atoms with Gasteiger partial charge in [0.15, 0.2) is 14.7 Å². The normalized spacial score (nSPS) is 11.5. The minimum atomic E-state index is -3.92. The number of hydrogen-bond acceptors (Lipinski definition) is 6. The molecule has 9 heteroatoms. The second kappa shape index (κ2) is 14.1. The Hall–Kier alpha value is -2.46. The van der Waals surface area contributed by atoms with Gasteiger partial charge in [-0.2, -0.15) is 0 Å². The molecule has 3 rings (SSSR count). The first-order valence-electron chi connectivity index (χ1n) is 12.8. The summed E-state index contributed by atoms with van der Waals surface area (Å²) < 4.78 is 34.0. The molecule has 0 N–H and O–H groups in total. The van der Waals surface area contributed by atoms with Gasteiger partial charge < -0.3 is 18.8 Å². The molecule has 0 aromatic heterocycles. The van der Waals surface area contributed by atoms with Crippen LogP contribution in [0.15, 0.2) is 87.5 Å². The number of anilines is 2. The molecule has 0 aliphatic heterocycles. The Bertz CT molecular complexity index is 1180. The molecule has 6 nitrogen and oxygen atoms in total. The summed E-state index contributed by atoms with van der Waals surface area (Å²) in [4.78, 5) is 8.23. The van der Waals surface area contributed by atoms with Gasteiger partial charge in [0.1, 0.15) is 5.75 Å². The maximum Gasteiger partial charge on any atom is 0.250 e. The fourth-order valence-corrected chi connectivity index (χ4v) is 8.69. The maximum absolute atomic E-state index is 9.08. The lowest BCUT2D eigenvalue weighted by Gasteiger charge is -2.29. The quantitative estimate of drug-likeness (QED) is 0.157. The predicted molar refractivity (Wildman–Crippen MR) is 164 cm³/mol. The van der Waals surface area contributed by atoms with Crippen LogP contribution < -0.4 is 14.2 Å². The number of nitrogens with zero attached hydrogens (tertiary/aromatic N) is 2. The highest BCUT2D eigenvalue weighted by Gasteiger charge is 2.33. The van der Waals surface area contributed by atoms with Crippen molar-refractivity contribution in [2.75, 3.05) is 44.2 Å². The molecule has 0 radical (unpaired) electrons. The van der Waals surface area contributed by atoms with Gasteiger partial charge in [0.05, 0.1) is 21.0 Å². The minimum Gasteiger partial charge on any atom is -0.748 e. The van der Waals surface area contributed by atoms with E-state index in [2.05, 4.69) is 132 Å². The molecule has 208 valence electrons. The Kier molecular flexibility index (Phi) is 11.8.